The average molecular weight is 550 g/mol. The zero-order chi connectivity index (χ0) is 27.8. The third-order valence-corrected chi connectivity index (χ3v) is 11.9. The summed E-state index contributed by atoms with van der Waals surface area (Å²) in [5.74, 6) is -0.372. The molecule has 0 radical (unpaired) electrons. The average Bonchev–Trinajstić information content (AvgIpc) is 3.42. The molecule has 1 saturated heterocycles. The van der Waals surface area contributed by atoms with E-state index in [0.29, 0.717) is 45.1 Å². The summed E-state index contributed by atoms with van der Waals surface area (Å²) in [5.41, 5.74) is -2.37. The van der Waals surface area contributed by atoms with Crippen LogP contribution in [0.3, 0.4) is 0 Å². The van der Waals surface area contributed by atoms with Crippen LogP contribution in [0.1, 0.15) is 78.1 Å². The molecule has 39 heavy (non-hydrogen) atoms. The van der Waals surface area contributed by atoms with Crippen molar-refractivity contribution in [2.75, 3.05) is 6.61 Å². The van der Waals surface area contributed by atoms with Gasteiger partial charge in [0.2, 0.25) is 0 Å². The molecule has 12 atom stereocenters. The maximum Gasteiger partial charge on any atom is 0.331 e. The van der Waals surface area contributed by atoms with Gasteiger partial charge in [0.25, 0.3) is 0 Å². The zero-order valence-corrected chi connectivity index (χ0v) is 22.9. The van der Waals surface area contributed by atoms with Crippen LogP contribution in [0.15, 0.2) is 16.8 Å². The molecule has 0 unspecified atom stereocenters. The molecule has 4 aliphatic carbocycles. The summed E-state index contributed by atoms with van der Waals surface area (Å²) in [7, 11) is 0. The van der Waals surface area contributed by atoms with E-state index in [1.165, 1.54) is 6.21 Å². The zero-order valence-electron chi connectivity index (χ0n) is 22.9. The first-order valence-corrected chi connectivity index (χ1v) is 14.6. The number of esters is 1. The Morgan fingerprint density at radius 2 is 1.85 bits per heavy atom. The molecular weight excluding hydrogens is 506 g/mol. The molecule has 0 spiro atoms. The van der Waals surface area contributed by atoms with Crippen LogP contribution in [0.5, 0.6) is 0 Å². The Balaban J connectivity index is 1.24. The standard InChI is InChI=1S/C29H43NO9/c1-16-25(33)22(31)12-24(38-16)39-18-3-8-27(15-30-36)20-4-7-26(2)19(17-11-23(32)37-14-17)6-10-29(26,35)21(20)5-9-28(27,34)13-18/h11,15-16,18-22,24-25,31,33-36H,3-10,12-14H2,1-2H3/b30-15-/t16-,18-,19+,20-,21+,22+,24+,25+,26+,27-,28-,29-/m0/s1. The molecule has 0 aromatic heterocycles. The Bertz CT molecular complexity index is 1040. The van der Waals surface area contributed by atoms with Crippen molar-refractivity contribution in [1.82, 2.24) is 0 Å². The molecule has 0 aromatic rings. The van der Waals surface area contributed by atoms with Crippen molar-refractivity contribution in [3.05, 3.63) is 11.6 Å². The summed E-state index contributed by atoms with van der Waals surface area (Å²) in [4.78, 5) is 11.8. The van der Waals surface area contributed by atoms with Crippen molar-refractivity contribution in [1.29, 1.82) is 0 Å². The van der Waals surface area contributed by atoms with E-state index < -0.39 is 46.6 Å². The van der Waals surface area contributed by atoms with Crippen LogP contribution in [0.2, 0.25) is 0 Å². The van der Waals surface area contributed by atoms with E-state index in [9.17, 15) is 30.4 Å². The van der Waals surface area contributed by atoms with Gasteiger partial charge in [-0.05, 0) is 81.6 Å². The van der Waals surface area contributed by atoms with E-state index in [0.717, 1.165) is 24.8 Å². The smallest absolute Gasteiger partial charge is 0.331 e. The highest BCUT2D eigenvalue weighted by Gasteiger charge is 2.71. The summed E-state index contributed by atoms with van der Waals surface area (Å²) < 4.78 is 17.2. The maximum absolute atomic E-state index is 12.4. The lowest BCUT2D eigenvalue weighted by molar-refractivity contribution is -0.282. The van der Waals surface area contributed by atoms with E-state index in [2.05, 4.69) is 12.1 Å². The third-order valence-electron chi connectivity index (χ3n) is 11.9. The summed E-state index contributed by atoms with van der Waals surface area (Å²) in [6, 6.07) is 0. The van der Waals surface area contributed by atoms with Crippen molar-refractivity contribution in [2.45, 2.75) is 120 Å². The molecule has 218 valence electrons. The fourth-order valence-corrected chi connectivity index (χ4v) is 9.89. The van der Waals surface area contributed by atoms with E-state index in [1.54, 1.807) is 13.0 Å². The number of nitrogens with zero attached hydrogens (tertiary/aromatic N) is 1. The van der Waals surface area contributed by atoms with Crippen LogP contribution in [-0.4, -0.2) is 86.3 Å². The number of fused-ring (bicyclic) bond motifs is 5. The van der Waals surface area contributed by atoms with Gasteiger partial charge in [-0.25, -0.2) is 4.79 Å². The second-order valence-corrected chi connectivity index (χ2v) is 13.4. The molecule has 10 heteroatoms. The molecule has 2 heterocycles. The van der Waals surface area contributed by atoms with Gasteiger partial charge in [-0.2, -0.15) is 0 Å². The maximum atomic E-state index is 12.4. The number of cyclic esters (lactones) is 1. The Kier molecular flexibility index (Phi) is 6.72. The molecule has 6 aliphatic rings. The third kappa shape index (κ3) is 3.96. The normalized spacial score (nSPS) is 53.6. The van der Waals surface area contributed by atoms with E-state index in [4.69, 9.17) is 14.2 Å². The number of carbonyl (C=O) groups is 1. The first-order valence-electron chi connectivity index (χ1n) is 14.6. The Labute approximate surface area is 229 Å². The van der Waals surface area contributed by atoms with Gasteiger partial charge in [0, 0.05) is 29.7 Å². The Morgan fingerprint density at radius 1 is 1.08 bits per heavy atom. The van der Waals surface area contributed by atoms with Gasteiger partial charge >= 0.3 is 5.97 Å². The van der Waals surface area contributed by atoms with E-state index >= 15 is 0 Å². The lowest BCUT2D eigenvalue weighted by atomic mass is 9.41. The number of hydrogen-bond acceptors (Lipinski definition) is 10. The summed E-state index contributed by atoms with van der Waals surface area (Å²) >= 11 is 0. The largest absolute Gasteiger partial charge is 0.458 e. The number of aliphatic hydroxyl groups is 4. The lowest BCUT2D eigenvalue weighted by Crippen LogP contribution is -2.69. The minimum Gasteiger partial charge on any atom is -0.458 e. The molecule has 5 fully saturated rings. The van der Waals surface area contributed by atoms with E-state index in [-0.39, 0.29) is 36.2 Å². The first-order chi connectivity index (χ1) is 18.5. The predicted octanol–water partition coefficient (Wildman–Crippen LogP) is 2.04. The van der Waals surface area contributed by atoms with Gasteiger partial charge in [0.15, 0.2) is 6.29 Å². The second kappa shape index (κ2) is 9.49. The minimum atomic E-state index is -1.18. The van der Waals surface area contributed by atoms with Crippen LogP contribution < -0.4 is 0 Å². The SMILES string of the molecule is C[C@@H]1O[C@H](O[C@H]2CC[C@]3(/C=N\O)[C@H]4CC[C@]5(C)[C@@H](C6=CC(=O)OC6)CC[C@]5(O)[C@@H]4CC[C@]3(O)C2)C[C@@H](O)[C@@H]1O. The Morgan fingerprint density at radius 3 is 2.54 bits per heavy atom. The van der Waals surface area contributed by atoms with Gasteiger partial charge < -0.3 is 39.8 Å². The topological polar surface area (TPSA) is 158 Å². The molecule has 4 saturated carbocycles. The first kappa shape index (κ1) is 27.6. The van der Waals surface area contributed by atoms with Crippen LogP contribution in [0, 0.1) is 28.6 Å². The molecule has 0 amide bonds. The fourth-order valence-electron chi connectivity index (χ4n) is 9.89. The van der Waals surface area contributed by atoms with Crippen LogP contribution >= 0.6 is 0 Å². The highest BCUT2D eigenvalue weighted by Crippen LogP contribution is 2.70. The van der Waals surface area contributed by atoms with Crippen LogP contribution in [0.25, 0.3) is 0 Å². The number of carbonyl (C=O) groups excluding carboxylic acids is 1. The number of rotatable bonds is 4. The molecule has 5 N–H and O–H groups in total. The van der Waals surface area contributed by atoms with Crippen LogP contribution in [-0.2, 0) is 19.0 Å². The molecular formula is C29H43NO9. The van der Waals surface area contributed by atoms with Gasteiger partial charge in [-0.1, -0.05) is 6.92 Å². The quantitative estimate of drug-likeness (QED) is 0.116. The minimum absolute atomic E-state index is 0.0664. The van der Waals surface area contributed by atoms with Crippen molar-refractivity contribution in [2.24, 2.45) is 33.7 Å². The predicted molar refractivity (Wildman–Crippen MR) is 138 cm³/mol. The molecule has 6 rings (SSSR count). The summed E-state index contributed by atoms with van der Waals surface area (Å²) in [5, 5.41) is 58.2. The second-order valence-electron chi connectivity index (χ2n) is 13.4. The monoisotopic (exact) mass is 549 g/mol. The molecule has 0 aromatic carbocycles. The van der Waals surface area contributed by atoms with E-state index in [1.807, 2.05) is 0 Å². The van der Waals surface area contributed by atoms with Crippen molar-refractivity contribution in [3.8, 4) is 0 Å². The highest BCUT2D eigenvalue weighted by atomic mass is 16.7. The van der Waals surface area contributed by atoms with Crippen molar-refractivity contribution < 1.29 is 44.6 Å². The summed E-state index contributed by atoms with van der Waals surface area (Å²) in [6.45, 7) is 4.15. The van der Waals surface area contributed by atoms with Crippen molar-refractivity contribution >= 4 is 12.2 Å². The Hall–Kier alpha value is -1.56. The van der Waals surface area contributed by atoms with Gasteiger partial charge in [-0.3, -0.25) is 0 Å². The molecule has 10 nitrogen and oxygen atoms in total. The van der Waals surface area contributed by atoms with Gasteiger partial charge in [0.05, 0.1) is 35.7 Å². The van der Waals surface area contributed by atoms with Crippen molar-refractivity contribution in [3.63, 3.8) is 0 Å². The number of ether oxygens (including phenoxy) is 3. The molecule has 2 aliphatic heterocycles. The lowest BCUT2D eigenvalue weighted by Gasteiger charge is -2.65. The van der Waals surface area contributed by atoms with Gasteiger partial charge in [0.1, 0.15) is 12.7 Å². The number of oxime groups is 1. The number of aliphatic hydroxyl groups excluding tert-OH is 2. The fraction of sp³-hybridized carbons (Fsp3) is 0.862. The van der Waals surface area contributed by atoms with Gasteiger partial charge in [-0.15, -0.1) is 5.16 Å². The highest BCUT2D eigenvalue weighted by molar-refractivity contribution is 5.85. The summed E-state index contributed by atoms with van der Waals surface area (Å²) in [6.07, 6.45) is 5.36. The molecule has 0 bridgehead atoms. The van der Waals surface area contributed by atoms with Crippen LogP contribution in [0.4, 0.5) is 0 Å². The number of hydrogen-bond donors (Lipinski definition) is 5.